The second-order valence-electron chi connectivity index (χ2n) is 7.19. The van der Waals surface area contributed by atoms with Gasteiger partial charge in [0, 0.05) is 17.8 Å². The standard InChI is InChI=1S/C21H25N7O/c29-20(16-28-25-21(24-26-28)17-7-2-1-3-8-17)27(15-18-9-4-5-13-23-18)19-10-6-12-22-14-11-19/h1-5,7-9,13,19,22H,6,10-12,14-16H2. The van der Waals surface area contributed by atoms with Gasteiger partial charge in [-0.15, -0.1) is 10.2 Å². The summed E-state index contributed by atoms with van der Waals surface area (Å²) in [5.41, 5.74) is 1.76. The quantitative estimate of drug-likeness (QED) is 0.690. The number of rotatable bonds is 6. The molecule has 0 aliphatic carbocycles. The maximum Gasteiger partial charge on any atom is 0.246 e. The van der Waals surface area contributed by atoms with E-state index < -0.39 is 0 Å². The molecule has 0 saturated carbocycles. The molecule has 150 valence electrons. The van der Waals surface area contributed by atoms with Crippen LogP contribution in [-0.2, 0) is 17.9 Å². The Morgan fingerprint density at radius 2 is 1.97 bits per heavy atom. The predicted octanol–water partition coefficient (Wildman–Crippen LogP) is 1.91. The summed E-state index contributed by atoms with van der Waals surface area (Å²) in [7, 11) is 0. The van der Waals surface area contributed by atoms with Crippen LogP contribution in [0.25, 0.3) is 11.4 Å². The lowest BCUT2D eigenvalue weighted by Gasteiger charge is -2.30. The Morgan fingerprint density at radius 3 is 2.79 bits per heavy atom. The van der Waals surface area contributed by atoms with Crippen LogP contribution in [0.5, 0.6) is 0 Å². The molecule has 1 atom stereocenters. The van der Waals surface area contributed by atoms with Gasteiger partial charge in [-0.3, -0.25) is 9.78 Å². The van der Waals surface area contributed by atoms with Crippen LogP contribution in [0.3, 0.4) is 0 Å². The molecule has 4 rings (SSSR count). The van der Waals surface area contributed by atoms with E-state index in [1.54, 1.807) is 6.20 Å². The van der Waals surface area contributed by atoms with Gasteiger partial charge in [-0.2, -0.15) is 4.80 Å². The summed E-state index contributed by atoms with van der Waals surface area (Å²) >= 11 is 0. The van der Waals surface area contributed by atoms with Gasteiger partial charge in [0.15, 0.2) is 0 Å². The number of hydrogen-bond donors (Lipinski definition) is 1. The third kappa shape index (κ3) is 5.03. The minimum atomic E-state index is -0.0143. The summed E-state index contributed by atoms with van der Waals surface area (Å²) in [5.74, 6) is 0.507. The van der Waals surface area contributed by atoms with Crippen molar-refractivity contribution in [3.8, 4) is 11.4 Å². The average molecular weight is 391 g/mol. The molecule has 2 aromatic heterocycles. The lowest BCUT2D eigenvalue weighted by atomic mass is 10.1. The summed E-state index contributed by atoms with van der Waals surface area (Å²) < 4.78 is 0. The molecule has 8 nitrogen and oxygen atoms in total. The molecule has 1 N–H and O–H groups in total. The molecule has 3 heterocycles. The largest absolute Gasteiger partial charge is 0.332 e. The highest BCUT2D eigenvalue weighted by Crippen LogP contribution is 2.17. The van der Waals surface area contributed by atoms with E-state index in [0.29, 0.717) is 12.4 Å². The van der Waals surface area contributed by atoms with Crippen molar-refractivity contribution in [3.63, 3.8) is 0 Å². The Labute approximate surface area is 169 Å². The molecule has 3 aromatic rings. The molecule has 1 aliphatic heterocycles. The molecule has 0 radical (unpaired) electrons. The average Bonchev–Trinajstić information content (AvgIpc) is 3.06. The van der Waals surface area contributed by atoms with E-state index in [1.165, 1.54) is 4.80 Å². The van der Waals surface area contributed by atoms with Crippen molar-refractivity contribution in [3.05, 3.63) is 60.4 Å². The third-order valence-corrected chi connectivity index (χ3v) is 5.13. The molecule has 1 unspecified atom stereocenters. The number of aromatic nitrogens is 5. The van der Waals surface area contributed by atoms with Gasteiger partial charge in [-0.05, 0) is 49.7 Å². The highest BCUT2D eigenvalue weighted by Gasteiger charge is 2.26. The second-order valence-corrected chi connectivity index (χ2v) is 7.19. The summed E-state index contributed by atoms with van der Waals surface area (Å²) in [6.07, 6.45) is 4.72. The van der Waals surface area contributed by atoms with Crippen LogP contribution >= 0.6 is 0 Å². The highest BCUT2D eigenvalue weighted by atomic mass is 16.2. The fourth-order valence-corrected chi connectivity index (χ4v) is 3.62. The Kier molecular flexibility index (Phi) is 6.21. The minimum Gasteiger partial charge on any atom is -0.332 e. The number of carbonyl (C=O) groups excluding carboxylic acids is 1. The molecule has 1 aromatic carbocycles. The van der Waals surface area contributed by atoms with Crippen molar-refractivity contribution in [2.45, 2.75) is 38.4 Å². The molecule has 0 bridgehead atoms. The maximum absolute atomic E-state index is 13.2. The predicted molar refractivity (Wildman–Crippen MR) is 109 cm³/mol. The number of nitrogens with zero attached hydrogens (tertiary/aromatic N) is 6. The number of tetrazole rings is 1. The number of nitrogens with one attached hydrogen (secondary N) is 1. The molecule has 29 heavy (non-hydrogen) atoms. The van der Waals surface area contributed by atoms with Gasteiger partial charge in [0.2, 0.25) is 11.7 Å². The van der Waals surface area contributed by atoms with Crippen molar-refractivity contribution in [2.75, 3.05) is 13.1 Å². The second kappa shape index (κ2) is 9.38. The van der Waals surface area contributed by atoms with Crippen LogP contribution in [0, 0.1) is 0 Å². The first-order chi connectivity index (χ1) is 14.3. The van der Waals surface area contributed by atoms with Gasteiger partial charge < -0.3 is 10.2 Å². The minimum absolute atomic E-state index is 0.0143. The van der Waals surface area contributed by atoms with Gasteiger partial charge in [-0.25, -0.2) is 0 Å². The molecule has 1 aliphatic rings. The molecule has 1 saturated heterocycles. The monoisotopic (exact) mass is 391 g/mol. The molecule has 8 heteroatoms. The first-order valence-corrected chi connectivity index (χ1v) is 10.0. The third-order valence-electron chi connectivity index (χ3n) is 5.13. The van der Waals surface area contributed by atoms with E-state index in [2.05, 4.69) is 25.7 Å². The van der Waals surface area contributed by atoms with Crippen molar-refractivity contribution in [1.29, 1.82) is 0 Å². The summed E-state index contributed by atoms with van der Waals surface area (Å²) in [6, 6.07) is 15.6. The molecule has 0 spiro atoms. The van der Waals surface area contributed by atoms with E-state index in [9.17, 15) is 4.79 Å². The van der Waals surface area contributed by atoms with Gasteiger partial charge in [-0.1, -0.05) is 36.4 Å². The Balaban J connectivity index is 1.50. The first-order valence-electron chi connectivity index (χ1n) is 10.0. The zero-order valence-corrected chi connectivity index (χ0v) is 16.3. The first kappa shape index (κ1) is 19.2. The van der Waals surface area contributed by atoms with Crippen molar-refractivity contribution in [1.82, 2.24) is 35.4 Å². The van der Waals surface area contributed by atoms with Gasteiger partial charge >= 0.3 is 0 Å². The van der Waals surface area contributed by atoms with Crippen LogP contribution in [0.4, 0.5) is 0 Å². The fourth-order valence-electron chi connectivity index (χ4n) is 3.62. The zero-order chi connectivity index (χ0) is 19.9. The number of carbonyl (C=O) groups is 1. The lowest BCUT2D eigenvalue weighted by molar-refractivity contribution is -0.135. The normalized spacial score (nSPS) is 16.9. The van der Waals surface area contributed by atoms with Gasteiger partial charge in [0.1, 0.15) is 6.54 Å². The SMILES string of the molecule is O=C(Cn1nnc(-c2ccccc2)n1)N(Cc1ccccn1)C1CCCNCC1. The smallest absolute Gasteiger partial charge is 0.246 e. The van der Waals surface area contributed by atoms with Gasteiger partial charge in [0.05, 0.1) is 12.2 Å². The number of pyridine rings is 1. The molecular weight excluding hydrogens is 366 g/mol. The topological polar surface area (TPSA) is 88.8 Å². The van der Waals surface area contributed by atoms with Crippen LogP contribution < -0.4 is 5.32 Å². The van der Waals surface area contributed by atoms with Crippen molar-refractivity contribution < 1.29 is 4.79 Å². The number of hydrogen-bond acceptors (Lipinski definition) is 6. The molecular formula is C21H25N7O. The maximum atomic E-state index is 13.2. The Morgan fingerprint density at radius 1 is 1.10 bits per heavy atom. The number of benzene rings is 1. The van der Waals surface area contributed by atoms with E-state index in [0.717, 1.165) is 43.6 Å². The molecule has 1 amide bonds. The van der Waals surface area contributed by atoms with E-state index in [4.69, 9.17) is 0 Å². The molecule has 1 fully saturated rings. The lowest BCUT2D eigenvalue weighted by Crippen LogP contribution is -2.42. The van der Waals surface area contributed by atoms with Crippen LogP contribution in [0.1, 0.15) is 25.0 Å². The summed E-state index contributed by atoms with van der Waals surface area (Å²) in [4.78, 5) is 20.9. The van der Waals surface area contributed by atoms with Crippen LogP contribution in [0.2, 0.25) is 0 Å². The zero-order valence-electron chi connectivity index (χ0n) is 16.3. The fraction of sp³-hybridized carbons (Fsp3) is 0.381. The van der Waals surface area contributed by atoms with Crippen molar-refractivity contribution >= 4 is 5.91 Å². The van der Waals surface area contributed by atoms with E-state index >= 15 is 0 Å². The summed E-state index contributed by atoms with van der Waals surface area (Å²) in [6.45, 7) is 2.46. The summed E-state index contributed by atoms with van der Waals surface area (Å²) in [5, 5.41) is 16.0. The highest BCUT2D eigenvalue weighted by molar-refractivity contribution is 5.76. The number of amides is 1. The van der Waals surface area contributed by atoms with Crippen molar-refractivity contribution in [2.24, 2.45) is 0 Å². The Hall–Kier alpha value is -3.13. The van der Waals surface area contributed by atoms with Crippen LogP contribution in [0.15, 0.2) is 54.7 Å². The van der Waals surface area contributed by atoms with E-state index in [1.807, 2.05) is 53.4 Å². The Bertz CT molecular complexity index is 905. The van der Waals surface area contributed by atoms with E-state index in [-0.39, 0.29) is 18.5 Å². The van der Waals surface area contributed by atoms with Gasteiger partial charge in [0.25, 0.3) is 0 Å². The van der Waals surface area contributed by atoms with Crippen LogP contribution in [-0.4, -0.2) is 55.1 Å².